The van der Waals surface area contributed by atoms with Crippen molar-refractivity contribution in [1.82, 2.24) is 10.4 Å². The normalized spacial score (nSPS) is 12.2. The number of phenols is 2. The Balaban J connectivity index is 0.915. The van der Waals surface area contributed by atoms with Crippen molar-refractivity contribution in [2.24, 2.45) is 25.6 Å². The van der Waals surface area contributed by atoms with Gasteiger partial charge in [-0.05, 0) is 95.6 Å². The number of aryl methyl sites for hydroxylation is 1. The van der Waals surface area contributed by atoms with E-state index in [9.17, 15) is 34.7 Å². The second kappa shape index (κ2) is 17.9. The van der Waals surface area contributed by atoms with Crippen molar-refractivity contribution >= 4 is 113 Å². The van der Waals surface area contributed by atoms with Gasteiger partial charge in [0.25, 0.3) is 17.5 Å². The molecular weight excluding hydrogens is 934 g/mol. The summed E-state index contributed by atoms with van der Waals surface area (Å²) >= 11 is 6.93. The van der Waals surface area contributed by atoms with E-state index in [1.165, 1.54) is 48.7 Å². The molecule has 16 nitrogen and oxygen atoms in total. The van der Waals surface area contributed by atoms with Crippen LogP contribution in [0.3, 0.4) is 0 Å². The van der Waals surface area contributed by atoms with Gasteiger partial charge < -0.3 is 20.5 Å². The molecule has 2 amide bonds. The number of aromatic nitrogens is 1. The number of benzene rings is 9. The van der Waals surface area contributed by atoms with Crippen molar-refractivity contribution in [3.8, 4) is 22.6 Å². The Hall–Kier alpha value is -9.93. The number of H-pyrrole nitrogens is 1. The molecule has 0 aliphatic heterocycles. The predicted octanol–water partition coefficient (Wildman–Crippen LogP) is 14.0. The van der Waals surface area contributed by atoms with Gasteiger partial charge in [0.15, 0.2) is 17.3 Å². The zero-order valence-corrected chi connectivity index (χ0v) is 38.3. The zero-order chi connectivity index (χ0) is 49.8. The lowest BCUT2D eigenvalue weighted by Crippen LogP contribution is -2.17. The molecule has 72 heavy (non-hydrogen) atoms. The molecule has 5 N–H and O–H groups in total. The number of carbonyl (C=O) groups is 3. The standard InChI is InChI=1S/C55H34ClN9O7/c1-28-10-15-32(16-11-28)58-54(69)42-22-30-6-2-3-7-36(30)49(52(42)67)62-60-33-17-21-38-40(24-33)51(66)41-25-34(26-44(56)47(38)41)61-63-50-46-31(14-20-39-37-8-4-5-9-45(37)59-48(39)46)23-43(53(50)68)55(70)64-57-27-29-12-18-35(19-13-29)65(71)72/h2-27,59,67-68H,1H3,(H,58,69)(H,64,70)/b57-27+,62-60?,63-61?. The van der Waals surface area contributed by atoms with Crippen molar-refractivity contribution in [2.45, 2.75) is 6.92 Å². The molecule has 0 unspecified atom stereocenters. The van der Waals surface area contributed by atoms with Crippen LogP contribution in [0.1, 0.15) is 47.8 Å². The number of carbonyl (C=O) groups excluding carboxylic acids is 3. The maximum absolute atomic E-state index is 14.2. The topological polar surface area (TPSA) is 236 Å². The minimum absolute atomic E-state index is 0.00152. The first-order valence-corrected chi connectivity index (χ1v) is 22.5. The number of hydrogen-bond donors (Lipinski definition) is 5. The molecule has 0 bridgehead atoms. The summed E-state index contributed by atoms with van der Waals surface area (Å²) in [5.41, 5.74) is 7.69. The van der Waals surface area contributed by atoms with Gasteiger partial charge in [-0.1, -0.05) is 90.0 Å². The third-order valence-corrected chi connectivity index (χ3v) is 12.7. The first kappa shape index (κ1) is 44.6. The van der Waals surface area contributed by atoms with E-state index in [0.29, 0.717) is 49.4 Å². The van der Waals surface area contributed by atoms with Gasteiger partial charge in [0.05, 0.1) is 44.2 Å². The molecule has 1 aliphatic rings. The SMILES string of the molecule is Cc1ccc(NC(=O)c2cc3ccccc3c(N=Nc3ccc4c(c3)C(=O)c3cc(N=Nc5c(O)c(C(=O)N/N=C/c6ccc([N+](=O)[O-])cc6)cc6ccc7c8ccccc8[nH]c7c56)cc(Cl)c3-4)c2O)cc1. The van der Waals surface area contributed by atoms with E-state index in [-0.39, 0.29) is 67.2 Å². The quantitative estimate of drug-likeness (QED) is 0.0384. The fourth-order valence-corrected chi connectivity index (χ4v) is 9.16. The number of nitrogens with one attached hydrogen (secondary N) is 3. The van der Waals surface area contributed by atoms with Crippen LogP contribution in [0.15, 0.2) is 177 Å². The van der Waals surface area contributed by atoms with Crippen LogP contribution in [0.4, 0.5) is 34.1 Å². The summed E-state index contributed by atoms with van der Waals surface area (Å²) in [6.45, 7) is 1.94. The smallest absolute Gasteiger partial charge is 0.275 e. The third-order valence-electron chi connectivity index (χ3n) is 12.4. The van der Waals surface area contributed by atoms with E-state index in [1.807, 2.05) is 55.5 Å². The summed E-state index contributed by atoms with van der Waals surface area (Å²) in [4.78, 5) is 55.3. The molecule has 0 saturated carbocycles. The van der Waals surface area contributed by atoms with Crippen molar-refractivity contribution in [2.75, 3.05) is 5.32 Å². The number of nitrogens with zero attached hydrogens (tertiary/aromatic N) is 6. The lowest BCUT2D eigenvalue weighted by atomic mass is 10.00. The second-order valence-corrected chi connectivity index (χ2v) is 17.3. The Morgan fingerprint density at radius 2 is 1.35 bits per heavy atom. The molecule has 1 aliphatic carbocycles. The van der Waals surface area contributed by atoms with Gasteiger partial charge in [-0.25, -0.2) is 5.43 Å². The number of azo groups is 2. The summed E-state index contributed by atoms with van der Waals surface area (Å²) < 4.78 is 0. The largest absolute Gasteiger partial charge is 0.505 e. The number of para-hydroxylation sites is 1. The molecule has 0 radical (unpaired) electrons. The van der Waals surface area contributed by atoms with Crippen molar-refractivity contribution in [3.05, 3.63) is 200 Å². The molecule has 9 aromatic carbocycles. The second-order valence-electron chi connectivity index (χ2n) is 16.9. The maximum atomic E-state index is 14.2. The molecule has 348 valence electrons. The number of anilines is 1. The van der Waals surface area contributed by atoms with Crippen LogP contribution in [0.5, 0.6) is 11.5 Å². The number of hydrogen-bond acceptors (Lipinski definition) is 12. The van der Waals surface area contributed by atoms with Gasteiger partial charge >= 0.3 is 0 Å². The highest BCUT2D eigenvalue weighted by Crippen LogP contribution is 2.47. The Bertz CT molecular complexity index is 4070. The van der Waals surface area contributed by atoms with Crippen LogP contribution in [-0.4, -0.2) is 43.9 Å². The minimum atomic E-state index is -0.774. The summed E-state index contributed by atoms with van der Waals surface area (Å²) in [5.74, 6) is -2.55. The Labute approximate surface area is 411 Å². The molecule has 10 aromatic rings. The highest BCUT2D eigenvalue weighted by Gasteiger charge is 2.30. The Morgan fingerprint density at radius 3 is 2.14 bits per heavy atom. The summed E-state index contributed by atoms with van der Waals surface area (Å²) in [5, 5.41) is 63.3. The van der Waals surface area contributed by atoms with Crippen molar-refractivity contribution in [3.63, 3.8) is 0 Å². The monoisotopic (exact) mass is 967 g/mol. The minimum Gasteiger partial charge on any atom is -0.505 e. The number of phenolic OH excluding ortho intramolecular Hbond substituents is 2. The van der Waals surface area contributed by atoms with Gasteiger partial charge in [-0.2, -0.15) is 15.3 Å². The molecule has 0 fully saturated rings. The van der Waals surface area contributed by atoms with Crippen LogP contribution in [-0.2, 0) is 0 Å². The fourth-order valence-electron chi connectivity index (χ4n) is 8.85. The molecule has 0 saturated heterocycles. The van der Waals surface area contributed by atoms with Crippen LogP contribution < -0.4 is 10.7 Å². The lowest BCUT2D eigenvalue weighted by Gasteiger charge is -2.11. The van der Waals surface area contributed by atoms with E-state index >= 15 is 0 Å². The van der Waals surface area contributed by atoms with Gasteiger partial charge in [-0.15, -0.1) is 10.2 Å². The molecule has 17 heteroatoms. The number of fused-ring (bicyclic) bond motifs is 9. The number of ketones is 1. The van der Waals surface area contributed by atoms with E-state index in [0.717, 1.165) is 21.9 Å². The van der Waals surface area contributed by atoms with E-state index in [1.54, 1.807) is 60.7 Å². The number of halogens is 1. The van der Waals surface area contributed by atoms with Gasteiger partial charge in [-0.3, -0.25) is 24.5 Å². The Kier molecular flexibility index (Phi) is 11.1. The highest BCUT2D eigenvalue weighted by atomic mass is 35.5. The van der Waals surface area contributed by atoms with Gasteiger partial charge in [0.1, 0.15) is 11.4 Å². The predicted molar refractivity (Wildman–Crippen MR) is 277 cm³/mol. The first-order chi connectivity index (χ1) is 34.9. The van der Waals surface area contributed by atoms with E-state index < -0.39 is 22.5 Å². The first-order valence-electron chi connectivity index (χ1n) is 22.2. The highest BCUT2D eigenvalue weighted by molar-refractivity contribution is 6.37. The summed E-state index contributed by atoms with van der Waals surface area (Å²) in [6, 6.07) is 42.5. The average Bonchev–Trinajstić information content (AvgIpc) is 3.90. The third kappa shape index (κ3) is 7.98. The summed E-state index contributed by atoms with van der Waals surface area (Å²) in [6.07, 6.45) is 1.31. The molecule has 1 aromatic heterocycles. The van der Waals surface area contributed by atoms with Crippen molar-refractivity contribution < 1.29 is 29.5 Å². The van der Waals surface area contributed by atoms with Crippen molar-refractivity contribution in [1.29, 1.82) is 0 Å². The number of hydrazone groups is 1. The van der Waals surface area contributed by atoms with Crippen LogP contribution in [0, 0.1) is 17.0 Å². The van der Waals surface area contributed by atoms with Crippen LogP contribution >= 0.6 is 11.6 Å². The molecule has 1 heterocycles. The number of non-ortho nitro benzene ring substituents is 1. The average molecular weight is 968 g/mol. The lowest BCUT2D eigenvalue weighted by molar-refractivity contribution is -0.384. The van der Waals surface area contributed by atoms with Crippen LogP contribution in [0.25, 0.3) is 54.5 Å². The Morgan fingerprint density at radius 1 is 0.667 bits per heavy atom. The van der Waals surface area contributed by atoms with Gasteiger partial charge in [0, 0.05) is 61.6 Å². The molecule has 0 atom stereocenters. The molecular formula is C55H34ClN9O7. The van der Waals surface area contributed by atoms with E-state index in [2.05, 4.69) is 41.3 Å². The fraction of sp³-hybridized carbons (Fsp3) is 0.0182. The molecule has 11 rings (SSSR count). The zero-order valence-electron chi connectivity index (χ0n) is 37.5. The number of aromatic amines is 1. The summed E-state index contributed by atoms with van der Waals surface area (Å²) in [7, 11) is 0. The number of rotatable bonds is 10. The number of nitro groups is 1. The number of amides is 2. The maximum Gasteiger partial charge on any atom is 0.275 e. The number of nitro benzene ring substituents is 1. The van der Waals surface area contributed by atoms with Crippen LogP contribution in [0.2, 0.25) is 5.02 Å². The van der Waals surface area contributed by atoms with E-state index in [4.69, 9.17) is 11.6 Å². The van der Waals surface area contributed by atoms with Gasteiger partial charge in [0.2, 0.25) is 0 Å². The number of aromatic hydroxyl groups is 2. The molecule has 0 spiro atoms.